The topological polar surface area (TPSA) is 114 Å². The van der Waals surface area contributed by atoms with Crippen molar-refractivity contribution in [3.63, 3.8) is 0 Å². The van der Waals surface area contributed by atoms with Gasteiger partial charge in [0, 0.05) is 13.2 Å². The molecule has 0 radical (unpaired) electrons. The third kappa shape index (κ3) is 3.28. The van der Waals surface area contributed by atoms with Crippen molar-refractivity contribution in [1.82, 2.24) is 19.3 Å². The van der Waals surface area contributed by atoms with Crippen LogP contribution in [0.4, 0.5) is 0 Å². The summed E-state index contributed by atoms with van der Waals surface area (Å²) in [5.41, 5.74) is 0.371. The average Bonchev–Trinajstić information content (AvgIpc) is 2.92. The number of aromatic nitrogens is 3. The number of aryl methyl sites for hydroxylation is 3. The third-order valence-corrected chi connectivity index (χ3v) is 5.23. The minimum Gasteiger partial charge on any atom is -0.477 e. The van der Waals surface area contributed by atoms with Crippen molar-refractivity contribution in [2.75, 3.05) is 0 Å². The highest BCUT2D eigenvalue weighted by Gasteiger charge is 2.20. The first-order valence-corrected chi connectivity index (χ1v) is 8.20. The first-order chi connectivity index (χ1) is 9.70. The van der Waals surface area contributed by atoms with Crippen molar-refractivity contribution < 1.29 is 18.3 Å². The summed E-state index contributed by atoms with van der Waals surface area (Å²) in [6.45, 7) is 3.19. The van der Waals surface area contributed by atoms with Gasteiger partial charge < -0.3 is 9.67 Å². The number of thiazole rings is 1. The molecule has 2 heterocycles. The van der Waals surface area contributed by atoms with Crippen LogP contribution in [0.3, 0.4) is 0 Å². The Hall–Kier alpha value is -1.78. The van der Waals surface area contributed by atoms with Gasteiger partial charge in [-0.1, -0.05) is 0 Å². The second-order valence-electron chi connectivity index (χ2n) is 4.39. The number of sulfonamides is 1. The lowest BCUT2D eigenvalue weighted by atomic mass is 10.4. The van der Waals surface area contributed by atoms with Gasteiger partial charge in [-0.05, 0) is 13.8 Å². The molecule has 10 heteroatoms. The van der Waals surface area contributed by atoms with Crippen LogP contribution in [0.25, 0.3) is 0 Å². The molecule has 0 fully saturated rings. The number of rotatable bonds is 5. The lowest BCUT2D eigenvalue weighted by Gasteiger charge is -2.01. The summed E-state index contributed by atoms with van der Waals surface area (Å²) in [6.07, 6.45) is 1.41. The zero-order valence-electron chi connectivity index (χ0n) is 11.6. The molecular formula is C11H14N4O4S2. The van der Waals surface area contributed by atoms with E-state index < -0.39 is 16.0 Å². The molecule has 21 heavy (non-hydrogen) atoms. The summed E-state index contributed by atoms with van der Waals surface area (Å²) in [4.78, 5) is 19.0. The van der Waals surface area contributed by atoms with Crippen LogP contribution in [0, 0.1) is 13.8 Å². The maximum atomic E-state index is 12.1. The van der Waals surface area contributed by atoms with E-state index in [4.69, 9.17) is 5.11 Å². The molecule has 2 aromatic rings. The molecule has 2 rings (SSSR count). The fourth-order valence-electron chi connectivity index (χ4n) is 1.61. The van der Waals surface area contributed by atoms with Crippen molar-refractivity contribution >= 4 is 27.3 Å². The zero-order valence-corrected chi connectivity index (χ0v) is 13.2. The summed E-state index contributed by atoms with van der Waals surface area (Å²) in [6, 6.07) is 0. The van der Waals surface area contributed by atoms with Gasteiger partial charge >= 0.3 is 5.97 Å². The number of imidazole rings is 1. The first-order valence-electron chi connectivity index (χ1n) is 5.90. The fourth-order valence-corrected chi connectivity index (χ4v) is 3.57. The van der Waals surface area contributed by atoms with E-state index in [9.17, 15) is 13.2 Å². The van der Waals surface area contributed by atoms with E-state index in [2.05, 4.69) is 14.7 Å². The number of hydrogen-bond acceptors (Lipinski definition) is 6. The van der Waals surface area contributed by atoms with Crippen molar-refractivity contribution in [3.05, 3.63) is 27.6 Å². The third-order valence-electron chi connectivity index (χ3n) is 2.81. The minimum absolute atomic E-state index is 0.0727. The molecule has 0 aromatic carbocycles. The summed E-state index contributed by atoms with van der Waals surface area (Å²) in [5, 5.41) is 9.25. The first kappa shape index (κ1) is 15.6. The van der Waals surface area contributed by atoms with Gasteiger partial charge in [0.25, 0.3) is 10.0 Å². The molecule has 0 aliphatic rings. The Labute approximate surface area is 125 Å². The maximum Gasteiger partial charge on any atom is 0.347 e. The molecule has 2 aromatic heterocycles. The molecular weight excluding hydrogens is 316 g/mol. The molecule has 8 nitrogen and oxygen atoms in total. The lowest BCUT2D eigenvalue weighted by Crippen LogP contribution is -2.23. The van der Waals surface area contributed by atoms with Gasteiger partial charge in [0.2, 0.25) is 0 Å². The minimum atomic E-state index is -3.75. The largest absolute Gasteiger partial charge is 0.477 e. The van der Waals surface area contributed by atoms with Crippen LogP contribution < -0.4 is 4.72 Å². The Kier molecular flexibility index (Phi) is 4.12. The molecule has 0 aliphatic carbocycles. The number of nitrogens with one attached hydrogen (secondary N) is 1. The molecule has 0 aliphatic heterocycles. The summed E-state index contributed by atoms with van der Waals surface area (Å²) in [5.74, 6) is -0.493. The molecule has 0 saturated heterocycles. The second kappa shape index (κ2) is 5.54. The van der Waals surface area contributed by atoms with Gasteiger partial charge in [-0.25, -0.2) is 27.9 Å². The molecule has 2 N–H and O–H groups in total. The highest BCUT2D eigenvalue weighted by atomic mass is 32.2. The average molecular weight is 330 g/mol. The quantitative estimate of drug-likeness (QED) is 0.833. The van der Waals surface area contributed by atoms with Crippen LogP contribution in [0.2, 0.25) is 0 Å². The van der Waals surface area contributed by atoms with Gasteiger partial charge in [-0.15, -0.1) is 11.3 Å². The summed E-state index contributed by atoms with van der Waals surface area (Å²) in [7, 11) is -2.05. The number of aromatic carboxylic acids is 1. The lowest BCUT2D eigenvalue weighted by molar-refractivity contribution is 0.0701. The number of carboxylic acid groups (broad SMARTS) is 1. The van der Waals surface area contributed by atoms with Gasteiger partial charge in [0.15, 0.2) is 5.03 Å². The predicted molar refractivity (Wildman–Crippen MR) is 75.8 cm³/mol. The number of carboxylic acids is 1. The van der Waals surface area contributed by atoms with Crippen molar-refractivity contribution in [1.29, 1.82) is 0 Å². The van der Waals surface area contributed by atoms with E-state index in [0.717, 1.165) is 11.3 Å². The molecule has 0 atom stereocenters. The molecule has 0 saturated carbocycles. The van der Waals surface area contributed by atoms with Crippen LogP contribution in [-0.2, 0) is 23.6 Å². The Balaban J connectivity index is 2.15. The van der Waals surface area contributed by atoms with E-state index >= 15 is 0 Å². The van der Waals surface area contributed by atoms with Crippen molar-refractivity contribution in [2.24, 2.45) is 7.05 Å². The Morgan fingerprint density at radius 2 is 2.10 bits per heavy atom. The molecule has 0 amide bonds. The number of nitrogens with zero attached hydrogens (tertiary/aromatic N) is 3. The highest BCUT2D eigenvalue weighted by molar-refractivity contribution is 7.89. The normalized spacial score (nSPS) is 11.8. The Morgan fingerprint density at radius 3 is 2.57 bits per heavy atom. The second-order valence-corrected chi connectivity index (χ2v) is 7.19. The van der Waals surface area contributed by atoms with Crippen LogP contribution in [0.5, 0.6) is 0 Å². The summed E-state index contributed by atoms with van der Waals surface area (Å²) >= 11 is 0.949. The molecule has 0 spiro atoms. The van der Waals surface area contributed by atoms with E-state index in [0.29, 0.717) is 16.5 Å². The van der Waals surface area contributed by atoms with E-state index in [1.807, 2.05) is 0 Å². The van der Waals surface area contributed by atoms with Gasteiger partial charge in [-0.2, -0.15) is 0 Å². The zero-order chi connectivity index (χ0) is 15.8. The van der Waals surface area contributed by atoms with Crippen LogP contribution in [-0.4, -0.2) is 34.0 Å². The fraction of sp³-hybridized carbons (Fsp3) is 0.364. The monoisotopic (exact) mass is 330 g/mol. The molecule has 0 bridgehead atoms. The summed E-state index contributed by atoms with van der Waals surface area (Å²) < 4.78 is 28.1. The van der Waals surface area contributed by atoms with E-state index in [1.165, 1.54) is 6.20 Å². The Bertz CT molecular complexity index is 772. The van der Waals surface area contributed by atoms with Crippen molar-refractivity contribution in [3.8, 4) is 0 Å². The highest BCUT2D eigenvalue weighted by Crippen LogP contribution is 2.18. The van der Waals surface area contributed by atoms with Crippen LogP contribution in [0.1, 0.15) is 26.2 Å². The standard InChI is InChI=1S/C11H14N4O4S2/c1-6-10(11(16)17)20-8(13-6)4-12-21(18,19)9-5-15(3)7(2)14-9/h5,12H,4H2,1-3H3,(H,16,17). The van der Waals surface area contributed by atoms with Crippen LogP contribution >= 0.6 is 11.3 Å². The van der Waals surface area contributed by atoms with Gasteiger partial charge in [0.05, 0.1) is 12.2 Å². The molecule has 114 valence electrons. The maximum absolute atomic E-state index is 12.1. The predicted octanol–water partition coefficient (Wildman–Crippen LogP) is 0.670. The smallest absolute Gasteiger partial charge is 0.347 e. The van der Waals surface area contributed by atoms with E-state index in [-0.39, 0.29) is 16.4 Å². The number of hydrogen-bond donors (Lipinski definition) is 2. The Morgan fingerprint density at radius 1 is 1.43 bits per heavy atom. The van der Waals surface area contributed by atoms with E-state index in [1.54, 1.807) is 25.5 Å². The van der Waals surface area contributed by atoms with Gasteiger partial charge in [-0.3, -0.25) is 0 Å². The number of carbonyl (C=O) groups is 1. The van der Waals surface area contributed by atoms with Crippen molar-refractivity contribution in [2.45, 2.75) is 25.4 Å². The molecule has 0 unspecified atom stereocenters. The SMILES string of the molecule is Cc1nc(CNS(=O)(=O)c2cn(C)c(C)n2)sc1C(=O)O. The van der Waals surface area contributed by atoms with Gasteiger partial charge in [0.1, 0.15) is 15.7 Å². The van der Waals surface area contributed by atoms with Crippen LogP contribution in [0.15, 0.2) is 11.2 Å².